The summed E-state index contributed by atoms with van der Waals surface area (Å²) in [5.74, 6) is 0. The quantitative estimate of drug-likeness (QED) is 0.363. The minimum absolute atomic E-state index is 1.18. The van der Waals surface area contributed by atoms with Gasteiger partial charge in [0, 0.05) is 35.6 Å². The van der Waals surface area contributed by atoms with E-state index in [2.05, 4.69) is 86.6 Å². The van der Waals surface area contributed by atoms with Crippen molar-refractivity contribution >= 4 is 38.7 Å². The first-order chi connectivity index (χ1) is 13.9. The third kappa shape index (κ3) is 2.39. The lowest BCUT2D eigenvalue weighted by atomic mass is 10.1. The zero-order valence-corrected chi connectivity index (χ0v) is 16.0. The second kappa shape index (κ2) is 6.23. The van der Waals surface area contributed by atoms with E-state index in [0.717, 1.165) is 0 Å². The Kier molecular flexibility index (Phi) is 3.55. The predicted molar refractivity (Wildman–Crippen MR) is 116 cm³/mol. The number of aromatic nitrogens is 2. The van der Waals surface area contributed by atoms with Gasteiger partial charge in [0.05, 0.1) is 0 Å². The average Bonchev–Trinajstić information content (AvgIpc) is 2.92. The smallest absolute Gasteiger partial charge is 0.292 e. The van der Waals surface area contributed by atoms with E-state index >= 15 is 0 Å². The van der Waals surface area contributed by atoms with E-state index in [9.17, 15) is 0 Å². The van der Waals surface area contributed by atoms with Gasteiger partial charge in [-0.25, -0.2) is 0 Å². The average molecular weight is 366 g/mol. The molecular formula is C25H24N3+. The fraction of sp³-hybridized carbons (Fsp3) is 0.240. The Labute approximate surface area is 164 Å². The number of anilines is 1. The summed E-state index contributed by atoms with van der Waals surface area (Å²) in [6.45, 7) is 2.37. The molecule has 1 fully saturated rings. The minimum atomic E-state index is 1.18. The van der Waals surface area contributed by atoms with Crippen LogP contribution in [0.1, 0.15) is 25.7 Å². The fourth-order valence-electron chi connectivity index (χ4n) is 4.82. The lowest BCUT2D eigenvalue weighted by Gasteiger charge is -2.22. The number of pyridine rings is 2. The van der Waals surface area contributed by atoms with Crippen LogP contribution in [0.4, 0.5) is 5.69 Å². The number of imidazole rings is 1. The second-order valence-corrected chi connectivity index (χ2v) is 7.99. The van der Waals surface area contributed by atoms with E-state index in [-0.39, 0.29) is 0 Å². The molecule has 0 spiro atoms. The molecule has 4 heterocycles. The number of fused-ring (bicyclic) bond motifs is 7. The lowest BCUT2D eigenvalue weighted by Crippen LogP contribution is -2.23. The van der Waals surface area contributed by atoms with Gasteiger partial charge in [-0.05, 0) is 55.3 Å². The molecule has 6 rings (SSSR count). The summed E-state index contributed by atoms with van der Waals surface area (Å²) in [6.07, 6.45) is 7.60. The van der Waals surface area contributed by atoms with Crippen molar-refractivity contribution in [1.29, 1.82) is 0 Å². The first-order valence-electron chi connectivity index (χ1n) is 10.4. The Morgan fingerprint density at radius 1 is 0.714 bits per heavy atom. The van der Waals surface area contributed by atoms with Crippen LogP contribution in [-0.2, 0) is 0 Å². The molecule has 0 bridgehead atoms. The molecule has 3 nitrogen and oxygen atoms in total. The first kappa shape index (κ1) is 15.9. The van der Waals surface area contributed by atoms with E-state index in [1.807, 2.05) is 0 Å². The van der Waals surface area contributed by atoms with E-state index in [1.165, 1.54) is 77.4 Å². The molecule has 3 aromatic heterocycles. The van der Waals surface area contributed by atoms with Gasteiger partial charge in [-0.2, -0.15) is 8.80 Å². The Morgan fingerprint density at radius 2 is 1.54 bits per heavy atom. The molecule has 0 saturated carbocycles. The topological polar surface area (TPSA) is 11.8 Å². The Morgan fingerprint density at radius 3 is 2.43 bits per heavy atom. The monoisotopic (exact) mass is 366 g/mol. The molecule has 1 aliphatic heterocycles. The van der Waals surface area contributed by atoms with Crippen molar-refractivity contribution < 1.29 is 4.40 Å². The Balaban J connectivity index is 1.58. The molecule has 3 heteroatoms. The predicted octanol–water partition coefficient (Wildman–Crippen LogP) is 5.36. The van der Waals surface area contributed by atoms with Crippen molar-refractivity contribution in [2.75, 3.05) is 18.0 Å². The number of rotatable bonds is 1. The number of benzene rings is 2. The van der Waals surface area contributed by atoms with E-state index in [1.54, 1.807) is 0 Å². The second-order valence-electron chi connectivity index (χ2n) is 7.99. The summed E-state index contributed by atoms with van der Waals surface area (Å²) in [4.78, 5) is 2.56. The molecule has 5 aromatic rings. The van der Waals surface area contributed by atoms with Crippen LogP contribution in [0.25, 0.3) is 33.0 Å². The first-order valence-corrected chi connectivity index (χ1v) is 10.4. The maximum atomic E-state index is 2.56. The number of hydrogen-bond acceptors (Lipinski definition) is 1. The van der Waals surface area contributed by atoms with Crippen molar-refractivity contribution in [3.8, 4) is 0 Å². The SMILES string of the molecule is c1ccc2c(c1)ccc1n3c(ccc4cc(N5CCCCCC5)ccc43)c[n+]21. The summed E-state index contributed by atoms with van der Waals surface area (Å²) >= 11 is 0. The maximum absolute atomic E-state index is 2.56. The minimum Gasteiger partial charge on any atom is -0.372 e. The molecule has 0 aliphatic carbocycles. The van der Waals surface area contributed by atoms with Crippen LogP contribution in [-0.4, -0.2) is 17.5 Å². The third-order valence-electron chi connectivity index (χ3n) is 6.26. The summed E-state index contributed by atoms with van der Waals surface area (Å²) in [6, 6.07) is 24.5. The fourth-order valence-corrected chi connectivity index (χ4v) is 4.82. The molecule has 2 aromatic carbocycles. The molecule has 0 N–H and O–H groups in total. The van der Waals surface area contributed by atoms with Crippen LogP contribution >= 0.6 is 0 Å². The molecule has 28 heavy (non-hydrogen) atoms. The van der Waals surface area contributed by atoms with Crippen molar-refractivity contribution in [2.24, 2.45) is 0 Å². The van der Waals surface area contributed by atoms with E-state index in [4.69, 9.17) is 0 Å². The van der Waals surface area contributed by atoms with Crippen LogP contribution in [0.15, 0.2) is 72.9 Å². The molecular weight excluding hydrogens is 342 g/mol. The highest BCUT2D eigenvalue weighted by Gasteiger charge is 2.17. The number of nitrogens with zero attached hydrogens (tertiary/aromatic N) is 3. The molecule has 138 valence electrons. The van der Waals surface area contributed by atoms with Gasteiger partial charge in [0.15, 0.2) is 5.52 Å². The Hall–Kier alpha value is -3.07. The standard InChI is InChI=1S/C25H24N3/c1-2-6-16-26(15-5-1)21-12-13-24-20(17-21)9-11-22-18-27-23-8-4-3-7-19(23)10-14-25(27)28(22)24/h3-4,7-14,17-18H,1-2,5-6,15-16H2/q+1. The highest BCUT2D eigenvalue weighted by atomic mass is 15.1. The Bertz CT molecular complexity index is 1320. The largest absolute Gasteiger partial charge is 0.372 e. The van der Waals surface area contributed by atoms with Gasteiger partial charge in [0.1, 0.15) is 17.2 Å². The molecule has 1 saturated heterocycles. The van der Waals surface area contributed by atoms with E-state index < -0.39 is 0 Å². The number of para-hydroxylation sites is 1. The summed E-state index contributed by atoms with van der Waals surface area (Å²) < 4.78 is 4.70. The van der Waals surface area contributed by atoms with Crippen LogP contribution in [0.5, 0.6) is 0 Å². The molecule has 0 atom stereocenters. The van der Waals surface area contributed by atoms with Crippen molar-refractivity contribution in [3.05, 3.63) is 72.9 Å². The van der Waals surface area contributed by atoms with Crippen LogP contribution < -0.4 is 9.30 Å². The summed E-state index contributed by atoms with van der Waals surface area (Å²) in [5.41, 5.74) is 6.32. The zero-order valence-electron chi connectivity index (χ0n) is 16.0. The summed E-state index contributed by atoms with van der Waals surface area (Å²) in [5, 5.41) is 2.57. The van der Waals surface area contributed by atoms with Crippen molar-refractivity contribution in [2.45, 2.75) is 25.7 Å². The molecule has 1 aliphatic rings. The van der Waals surface area contributed by atoms with E-state index in [0.29, 0.717) is 0 Å². The highest BCUT2D eigenvalue weighted by molar-refractivity contribution is 5.88. The van der Waals surface area contributed by atoms with Gasteiger partial charge in [-0.1, -0.05) is 31.0 Å². The van der Waals surface area contributed by atoms with Crippen LogP contribution in [0.2, 0.25) is 0 Å². The summed E-state index contributed by atoms with van der Waals surface area (Å²) in [7, 11) is 0. The normalized spacial score (nSPS) is 15.6. The number of hydrogen-bond donors (Lipinski definition) is 0. The van der Waals surface area contributed by atoms with Gasteiger partial charge in [0.25, 0.3) is 5.65 Å². The highest BCUT2D eigenvalue weighted by Crippen LogP contribution is 2.27. The van der Waals surface area contributed by atoms with Gasteiger partial charge < -0.3 is 4.90 Å². The molecule has 0 unspecified atom stereocenters. The van der Waals surface area contributed by atoms with Crippen LogP contribution in [0.3, 0.4) is 0 Å². The lowest BCUT2D eigenvalue weighted by molar-refractivity contribution is -0.479. The molecule has 0 radical (unpaired) electrons. The van der Waals surface area contributed by atoms with Crippen LogP contribution in [0, 0.1) is 0 Å². The van der Waals surface area contributed by atoms with Crippen molar-refractivity contribution in [3.63, 3.8) is 0 Å². The maximum Gasteiger partial charge on any atom is 0.292 e. The van der Waals surface area contributed by atoms with Gasteiger partial charge >= 0.3 is 0 Å². The van der Waals surface area contributed by atoms with Gasteiger partial charge in [0.2, 0.25) is 0 Å². The van der Waals surface area contributed by atoms with Gasteiger partial charge in [-0.15, -0.1) is 0 Å². The van der Waals surface area contributed by atoms with Gasteiger partial charge in [-0.3, -0.25) is 0 Å². The third-order valence-corrected chi connectivity index (χ3v) is 6.26. The van der Waals surface area contributed by atoms with Crippen molar-refractivity contribution in [1.82, 2.24) is 4.40 Å². The molecule has 0 amide bonds. The zero-order chi connectivity index (χ0) is 18.5.